The van der Waals surface area contributed by atoms with E-state index in [1.54, 1.807) is 23.5 Å². The standard InChI is InChI=1S/C22H27N3O2S/c1-17-23-21-10-6-7-11-22(21)25(17)16-18-12-14-20(15-13-18)28(26,27)24(2)19-8-4-3-5-9-19/h6-7,10-15,19H,3-5,8-9,16H2,1-2H3. The van der Waals surface area contributed by atoms with Crippen molar-refractivity contribution >= 4 is 21.1 Å². The summed E-state index contributed by atoms with van der Waals surface area (Å²) in [6, 6.07) is 15.5. The van der Waals surface area contributed by atoms with Crippen LogP contribution in [0.25, 0.3) is 11.0 Å². The van der Waals surface area contributed by atoms with Crippen LogP contribution in [0.3, 0.4) is 0 Å². The molecule has 4 rings (SSSR count). The molecular weight excluding hydrogens is 370 g/mol. The minimum absolute atomic E-state index is 0.124. The van der Waals surface area contributed by atoms with E-state index in [9.17, 15) is 8.42 Å². The summed E-state index contributed by atoms with van der Waals surface area (Å²) in [7, 11) is -1.72. The summed E-state index contributed by atoms with van der Waals surface area (Å²) in [6.07, 6.45) is 5.35. The first-order valence-corrected chi connectivity index (χ1v) is 11.4. The molecule has 0 N–H and O–H groups in total. The fourth-order valence-electron chi connectivity index (χ4n) is 4.15. The number of fused-ring (bicyclic) bond motifs is 1. The molecule has 2 aromatic carbocycles. The van der Waals surface area contributed by atoms with E-state index in [0.717, 1.165) is 48.1 Å². The van der Waals surface area contributed by atoms with Crippen LogP contribution in [0.1, 0.15) is 43.5 Å². The molecule has 0 saturated heterocycles. The highest BCUT2D eigenvalue weighted by Gasteiger charge is 2.28. The van der Waals surface area contributed by atoms with Gasteiger partial charge in [0.25, 0.3) is 0 Å². The van der Waals surface area contributed by atoms with Gasteiger partial charge in [-0.3, -0.25) is 0 Å². The highest BCUT2D eigenvalue weighted by Crippen LogP contribution is 2.27. The van der Waals surface area contributed by atoms with E-state index >= 15 is 0 Å². The van der Waals surface area contributed by atoms with Gasteiger partial charge in [0.1, 0.15) is 5.82 Å². The van der Waals surface area contributed by atoms with Gasteiger partial charge in [-0.2, -0.15) is 4.31 Å². The van der Waals surface area contributed by atoms with Crippen molar-refractivity contribution in [3.8, 4) is 0 Å². The van der Waals surface area contributed by atoms with E-state index < -0.39 is 10.0 Å². The summed E-state index contributed by atoms with van der Waals surface area (Å²) in [5, 5.41) is 0. The van der Waals surface area contributed by atoms with Crippen LogP contribution in [0.15, 0.2) is 53.4 Å². The number of nitrogens with zero attached hydrogens (tertiary/aromatic N) is 3. The summed E-state index contributed by atoms with van der Waals surface area (Å²) in [5.41, 5.74) is 3.13. The Morgan fingerprint density at radius 3 is 2.43 bits per heavy atom. The lowest BCUT2D eigenvalue weighted by molar-refractivity contribution is 0.286. The molecule has 1 aliphatic carbocycles. The van der Waals surface area contributed by atoms with Crippen molar-refractivity contribution in [2.24, 2.45) is 0 Å². The second-order valence-corrected chi connectivity index (χ2v) is 9.69. The van der Waals surface area contributed by atoms with Gasteiger partial charge in [0.05, 0.1) is 15.9 Å². The Labute approximate surface area is 167 Å². The fourth-order valence-corrected chi connectivity index (χ4v) is 5.57. The van der Waals surface area contributed by atoms with Crippen LogP contribution in [0.5, 0.6) is 0 Å². The van der Waals surface area contributed by atoms with Crippen LogP contribution in [0.2, 0.25) is 0 Å². The molecule has 0 aliphatic heterocycles. The third-order valence-corrected chi connectivity index (χ3v) is 7.80. The molecule has 0 radical (unpaired) electrons. The first kappa shape index (κ1) is 19.2. The van der Waals surface area contributed by atoms with E-state index in [4.69, 9.17) is 0 Å². The topological polar surface area (TPSA) is 55.2 Å². The first-order valence-electron chi connectivity index (χ1n) is 9.95. The molecule has 5 nitrogen and oxygen atoms in total. The Balaban J connectivity index is 1.55. The van der Waals surface area contributed by atoms with E-state index in [2.05, 4.69) is 15.6 Å². The van der Waals surface area contributed by atoms with Crippen molar-refractivity contribution in [2.75, 3.05) is 7.05 Å². The average molecular weight is 398 g/mol. The third kappa shape index (κ3) is 3.59. The van der Waals surface area contributed by atoms with Gasteiger partial charge in [0.2, 0.25) is 10.0 Å². The highest BCUT2D eigenvalue weighted by atomic mass is 32.2. The van der Waals surface area contributed by atoms with Crippen LogP contribution in [-0.4, -0.2) is 35.4 Å². The second-order valence-electron chi connectivity index (χ2n) is 7.69. The largest absolute Gasteiger partial charge is 0.324 e. The molecule has 28 heavy (non-hydrogen) atoms. The first-order chi connectivity index (χ1) is 13.5. The minimum Gasteiger partial charge on any atom is -0.324 e. The molecule has 1 fully saturated rings. The maximum Gasteiger partial charge on any atom is 0.243 e. The molecule has 0 unspecified atom stereocenters. The molecule has 1 aromatic heterocycles. The smallest absolute Gasteiger partial charge is 0.243 e. The second kappa shape index (κ2) is 7.68. The molecular formula is C22H27N3O2S. The maximum atomic E-state index is 13.0. The van der Waals surface area contributed by atoms with Crippen molar-refractivity contribution < 1.29 is 8.42 Å². The van der Waals surface area contributed by atoms with Gasteiger partial charge in [-0.25, -0.2) is 13.4 Å². The predicted molar refractivity (Wildman–Crippen MR) is 112 cm³/mol. The highest BCUT2D eigenvalue weighted by molar-refractivity contribution is 7.89. The van der Waals surface area contributed by atoms with Gasteiger partial charge in [-0.15, -0.1) is 0 Å². The van der Waals surface area contributed by atoms with Crippen molar-refractivity contribution in [1.82, 2.24) is 13.9 Å². The maximum absolute atomic E-state index is 13.0. The van der Waals surface area contributed by atoms with E-state index in [-0.39, 0.29) is 6.04 Å². The zero-order valence-corrected chi connectivity index (χ0v) is 17.3. The number of hydrogen-bond acceptors (Lipinski definition) is 3. The molecule has 1 heterocycles. The van der Waals surface area contributed by atoms with Crippen LogP contribution in [-0.2, 0) is 16.6 Å². The summed E-state index contributed by atoms with van der Waals surface area (Å²) in [6.45, 7) is 2.67. The van der Waals surface area contributed by atoms with Gasteiger partial charge >= 0.3 is 0 Å². The normalized spacial score (nSPS) is 16.1. The number of sulfonamides is 1. The lowest BCUT2D eigenvalue weighted by atomic mass is 9.96. The van der Waals surface area contributed by atoms with Crippen LogP contribution >= 0.6 is 0 Å². The van der Waals surface area contributed by atoms with Crippen LogP contribution in [0, 0.1) is 6.92 Å². The van der Waals surface area contributed by atoms with Gasteiger partial charge in [-0.05, 0) is 49.6 Å². The average Bonchev–Trinajstić information content (AvgIpc) is 3.04. The molecule has 6 heteroatoms. The summed E-state index contributed by atoms with van der Waals surface area (Å²) in [5.74, 6) is 0.954. The molecule has 3 aromatic rings. The number of aromatic nitrogens is 2. The van der Waals surface area contributed by atoms with E-state index in [1.165, 1.54) is 6.42 Å². The van der Waals surface area contributed by atoms with Crippen molar-refractivity contribution in [2.45, 2.75) is 56.5 Å². The molecule has 0 spiro atoms. The van der Waals surface area contributed by atoms with Crippen molar-refractivity contribution in [3.05, 3.63) is 59.9 Å². The predicted octanol–water partition coefficient (Wildman–Crippen LogP) is 4.35. The van der Waals surface area contributed by atoms with Crippen LogP contribution in [0.4, 0.5) is 0 Å². The number of hydrogen-bond donors (Lipinski definition) is 0. The Kier molecular flexibility index (Phi) is 5.25. The Bertz CT molecular complexity index is 1060. The molecule has 1 saturated carbocycles. The zero-order valence-electron chi connectivity index (χ0n) is 16.5. The van der Waals surface area contributed by atoms with Gasteiger partial charge < -0.3 is 4.57 Å². The van der Waals surface area contributed by atoms with Gasteiger partial charge in [-0.1, -0.05) is 43.5 Å². The van der Waals surface area contributed by atoms with E-state index in [0.29, 0.717) is 11.4 Å². The molecule has 0 atom stereocenters. The van der Waals surface area contributed by atoms with Crippen molar-refractivity contribution in [1.29, 1.82) is 0 Å². The summed E-state index contributed by atoms with van der Waals surface area (Å²) >= 11 is 0. The minimum atomic E-state index is -3.45. The van der Waals surface area contributed by atoms with Gasteiger partial charge in [0.15, 0.2) is 0 Å². The fraction of sp³-hybridized carbons (Fsp3) is 0.409. The number of benzene rings is 2. The van der Waals surface area contributed by atoms with E-state index in [1.807, 2.05) is 37.3 Å². The zero-order chi connectivity index (χ0) is 19.7. The van der Waals surface area contributed by atoms with Crippen molar-refractivity contribution in [3.63, 3.8) is 0 Å². The number of aryl methyl sites for hydroxylation is 1. The molecule has 0 amide bonds. The Morgan fingerprint density at radius 2 is 1.71 bits per heavy atom. The molecule has 1 aliphatic rings. The number of rotatable bonds is 5. The monoisotopic (exact) mass is 397 g/mol. The third-order valence-electron chi connectivity index (χ3n) is 5.88. The van der Waals surface area contributed by atoms with Crippen LogP contribution < -0.4 is 0 Å². The quantitative estimate of drug-likeness (QED) is 0.643. The van der Waals surface area contributed by atoms with Gasteiger partial charge in [0, 0.05) is 19.6 Å². The lowest BCUT2D eigenvalue weighted by Crippen LogP contribution is -2.38. The molecule has 148 valence electrons. The summed E-state index contributed by atoms with van der Waals surface area (Å²) < 4.78 is 29.7. The summed E-state index contributed by atoms with van der Waals surface area (Å²) in [4.78, 5) is 4.97. The Hall–Kier alpha value is -2.18. The molecule has 0 bridgehead atoms. The Morgan fingerprint density at radius 1 is 1.04 bits per heavy atom. The lowest BCUT2D eigenvalue weighted by Gasteiger charge is -2.30. The number of imidazole rings is 1. The number of para-hydroxylation sites is 2. The SMILES string of the molecule is Cc1nc2ccccc2n1Cc1ccc(S(=O)(=O)N(C)C2CCCCC2)cc1.